The molecule has 98 valence electrons. The predicted octanol–water partition coefficient (Wildman–Crippen LogP) is 3.19. The van der Waals surface area contributed by atoms with Gasteiger partial charge in [0.1, 0.15) is 0 Å². The Morgan fingerprint density at radius 3 is 2.47 bits per heavy atom. The second kappa shape index (κ2) is 3.08. The highest BCUT2D eigenvalue weighted by Gasteiger charge is 2.77. The molecule has 0 aromatic carbocycles. The molecule has 0 unspecified atom stereocenters. The van der Waals surface area contributed by atoms with Crippen molar-refractivity contribution in [2.24, 2.45) is 29.1 Å². The Morgan fingerprint density at radius 1 is 1.24 bits per heavy atom. The Morgan fingerprint density at radius 2 is 1.88 bits per heavy atom. The Hall–Kier alpha value is -0.0800. The third-order valence-electron chi connectivity index (χ3n) is 6.50. The third-order valence-corrected chi connectivity index (χ3v) is 6.50. The first-order valence-corrected chi connectivity index (χ1v) is 7.21. The van der Waals surface area contributed by atoms with E-state index in [0.29, 0.717) is 23.7 Å². The highest BCUT2D eigenvalue weighted by Crippen LogP contribution is 2.73. The van der Waals surface area contributed by atoms with E-state index in [0.717, 1.165) is 6.42 Å². The maximum atomic E-state index is 11.2. The fourth-order valence-electron chi connectivity index (χ4n) is 5.94. The minimum Gasteiger partial charge on any atom is -0.365 e. The molecule has 0 amide bonds. The van der Waals surface area contributed by atoms with Gasteiger partial charge in [-0.1, -0.05) is 20.8 Å². The van der Waals surface area contributed by atoms with Crippen molar-refractivity contribution < 1.29 is 9.84 Å². The monoisotopic (exact) mass is 238 g/mol. The molecule has 0 aromatic heterocycles. The zero-order valence-electron chi connectivity index (χ0n) is 11.8. The largest absolute Gasteiger partial charge is 0.365 e. The van der Waals surface area contributed by atoms with Crippen molar-refractivity contribution in [3.8, 4) is 0 Å². The minimum absolute atomic E-state index is 0.0173. The summed E-state index contributed by atoms with van der Waals surface area (Å²) >= 11 is 0. The number of ether oxygens (including phenoxy) is 1. The molecule has 2 saturated carbocycles. The van der Waals surface area contributed by atoms with Gasteiger partial charge < -0.3 is 9.84 Å². The van der Waals surface area contributed by atoms with E-state index in [4.69, 9.17) is 4.74 Å². The number of hydrogen-bond acceptors (Lipinski definition) is 2. The van der Waals surface area contributed by atoms with Crippen molar-refractivity contribution in [1.29, 1.82) is 0 Å². The van der Waals surface area contributed by atoms with Crippen LogP contribution in [0.15, 0.2) is 0 Å². The molecule has 1 N–H and O–H groups in total. The van der Waals surface area contributed by atoms with Gasteiger partial charge in [-0.25, -0.2) is 0 Å². The quantitative estimate of drug-likeness (QED) is 0.760. The average molecular weight is 238 g/mol. The van der Waals surface area contributed by atoms with Gasteiger partial charge in [0.25, 0.3) is 0 Å². The summed E-state index contributed by atoms with van der Waals surface area (Å²) in [5.74, 6) is 1.18. The van der Waals surface area contributed by atoms with Crippen LogP contribution in [0.2, 0.25) is 0 Å². The van der Waals surface area contributed by atoms with Crippen LogP contribution in [0.1, 0.15) is 53.9 Å². The number of hydrogen-bond donors (Lipinski definition) is 1. The lowest BCUT2D eigenvalue weighted by Gasteiger charge is -2.37. The highest BCUT2D eigenvalue weighted by molar-refractivity contribution is 5.20. The summed E-state index contributed by atoms with van der Waals surface area (Å²) in [5.41, 5.74) is -0.178. The zero-order valence-corrected chi connectivity index (χ0v) is 11.8. The van der Waals surface area contributed by atoms with Crippen LogP contribution in [-0.4, -0.2) is 16.5 Å². The molecule has 2 aliphatic carbocycles. The van der Waals surface area contributed by atoms with Crippen LogP contribution in [0.5, 0.6) is 0 Å². The molecule has 0 radical (unpaired) electrons. The summed E-state index contributed by atoms with van der Waals surface area (Å²) < 4.78 is 6.23. The molecule has 0 spiro atoms. The van der Waals surface area contributed by atoms with Crippen LogP contribution in [0.4, 0.5) is 0 Å². The fraction of sp³-hybridized carbons (Fsp3) is 1.00. The summed E-state index contributed by atoms with van der Waals surface area (Å²) in [7, 11) is 0. The molecule has 6 atom stereocenters. The molecule has 0 aromatic rings. The second-order valence-corrected chi connectivity index (χ2v) is 7.29. The summed E-state index contributed by atoms with van der Waals surface area (Å²) in [6.45, 7) is 11.1. The Bertz CT molecular complexity index is 349. The van der Waals surface area contributed by atoms with E-state index in [-0.39, 0.29) is 11.0 Å². The SMILES string of the molecule is CC[C@H]1[C@H](C)[C@H]2CC[C@H]3C(C)(C)O[C@]1(O)[C@@]23C. The van der Waals surface area contributed by atoms with Gasteiger partial charge in [-0.3, -0.25) is 0 Å². The minimum atomic E-state index is -0.878. The molecule has 17 heavy (non-hydrogen) atoms. The molecule has 3 aliphatic rings. The molecule has 2 heteroatoms. The second-order valence-electron chi connectivity index (χ2n) is 7.29. The van der Waals surface area contributed by atoms with E-state index in [9.17, 15) is 5.11 Å². The normalized spacial score (nSPS) is 59.6. The molecule has 1 saturated heterocycles. The Kier molecular flexibility index (Phi) is 2.17. The smallest absolute Gasteiger partial charge is 0.175 e. The maximum Gasteiger partial charge on any atom is 0.175 e. The zero-order chi connectivity index (χ0) is 12.6. The molecular formula is C15H26O2. The first kappa shape index (κ1) is 12.0. The topological polar surface area (TPSA) is 29.5 Å². The van der Waals surface area contributed by atoms with Gasteiger partial charge >= 0.3 is 0 Å². The van der Waals surface area contributed by atoms with Crippen molar-refractivity contribution >= 4 is 0 Å². The summed E-state index contributed by atoms with van der Waals surface area (Å²) in [6.07, 6.45) is 3.51. The number of aliphatic hydroxyl groups is 1. The summed E-state index contributed by atoms with van der Waals surface area (Å²) in [6, 6.07) is 0. The fourth-order valence-corrected chi connectivity index (χ4v) is 5.94. The summed E-state index contributed by atoms with van der Waals surface area (Å²) in [4.78, 5) is 0. The highest BCUT2D eigenvalue weighted by atomic mass is 16.7. The lowest BCUT2D eigenvalue weighted by molar-refractivity contribution is -0.268. The molecule has 2 nitrogen and oxygen atoms in total. The Balaban J connectivity index is 2.14. The third kappa shape index (κ3) is 1.06. The van der Waals surface area contributed by atoms with E-state index in [1.54, 1.807) is 0 Å². The van der Waals surface area contributed by atoms with Gasteiger partial charge in [0.2, 0.25) is 0 Å². The van der Waals surface area contributed by atoms with E-state index >= 15 is 0 Å². The van der Waals surface area contributed by atoms with Gasteiger partial charge in [-0.15, -0.1) is 0 Å². The van der Waals surface area contributed by atoms with Crippen LogP contribution in [0, 0.1) is 29.1 Å². The van der Waals surface area contributed by atoms with Gasteiger partial charge in [-0.2, -0.15) is 0 Å². The standard InChI is InChI=1S/C15H26O2/c1-6-10-9(2)11-7-8-12-13(3,4)17-15(10,16)14(11,12)5/h9-12,16H,6-8H2,1-5H3/t9-,10-,11+,12-,14-,15-/m0/s1. The maximum absolute atomic E-state index is 11.2. The van der Waals surface area contributed by atoms with E-state index in [2.05, 4.69) is 34.6 Å². The van der Waals surface area contributed by atoms with E-state index < -0.39 is 5.79 Å². The van der Waals surface area contributed by atoms with Crippen molar-refractivity contribution in [2.45, 2.75) is 65.3 Å². The van der Waals surface area contributed by atoms with Crippen LogP contribution >= 0.6 is 0 Å². The lowest BCUT2D eigenvalue weighted by Crippen LogP contribution is -2.46. The first-order chi connectivity index (χ1) is 7.79. The summed E-state index contributed by atoms with van der Waals surface area (Å²) in [5, 5.41) is 11.2. The van der Waals surface area contributed by atoms with Crippen LogP contribution in [0.25, 0.3) is 0 Å². The van der Waals surface area contributed by atoms with Crippen molar-refractivity contribution in [3.63, 3.8) is 0 Å². The van der Waals surface area contributed by atoms with Crippen molar-refractivity contribution in [2.75, 3.05) is 0 Å². The first-order valence-electron chi connectivity index (χ1n) is 7.21. The molecule has 0 bridgehead atoms. The molecule has 1 heterocycles. The van der Waals surface area contributed by atoms with Crippen LogP contribution in [-0.2, 0) is 4.74 Å². The van der Waals surface area contributed by atoms with Gasteiger partial charge in [0, 0.05) is 11.3 Å². The molecular weight excluding hydrogens is 212 g/mol. The number of rotatable bonds is 1. The van der Waals surface area contributed by atoms with Crippen molar-refractivity contribution in [3.05, 3.63) is 0 Å². The van der Waals surface area contributed by atoms with Crippen molar-refractivity contribution in [1.82, 2.24) is 0 Å². The van der Waals surface area contributed by atoms with Gasteiger partial charge in [0.15, 0.2) is 5.79 Å². The van der Waals surface area contributed by atoms with E-state index in [1.165, 1.54) is 12.8 Å². The Labute approximate surface area is 105 Å². The van der Waals surface area contributed by atoms with Crippen LogP contribution in [0.3, 0.4) is 0 Å². The molecule has 3 rings (SSSR count). The molecule has 3 fully saturated rings. The van der Waals surface area contributed by atoms with E-state index in [1.807, 2.05) is 0 Å². The lowest BCUT2D eigenvalue weighted by atomic mass is 9.69. The van der Waals surface area contributed by atoms with Gasteiger partial charge in [0.05, 0.1) is 5.60 Å². The van der Waals surface area contributed by atoms with Crippen LogP contribution < -0.4 is 0 Å². The molecule has 1 aliphatic heterocycles. The predicted molar refractivity (Wildman–Crippen MR) is 67.4 cm³/mol. The average Bonchev–Trinajstić information content (AvgIpc) is 2.68. The van der Waals surface area contributed by atoms with Gasteiger partial charge in [-0.05, 0) is 50.9 Å².